The molecule has 1 unspecified atom stereocenters. The van der Waals surface area contributed by atoms with Crippen LogP contribution in [-0.4, -0.2) is 52.0 Å². The van der Waals surface area contributed by atoms with E-state index in [0.29, 0.717) is 38.1 Å². The van der Waals surface area contributed by atoms with Gasteiger partial charge >= 0.3 is 11.4 Å². The van der Waals surface area contributed by atoms with Crippen molar-refractivity contribution in [3.05, 3.63) is 76.4 Å². The van der Waals surface area contributed by atoms with Crippen LogP contribution in [0, 0.1) is 0 Å². The first kappa shape index (κ1) is 30.0. The molecule has 2 heterocycles. The van der Waals surface area contributed by atoms with E-state index < -0.39 is 22.2 Å². The second kappa shape index (κ2) is 13.4. The second-order valence-corrected chi connectivity index (χ2v) is 10.1. The van der Waals surface area contributed by atoms with Gasteiger partial charge in [0.05, 0.1) is 51.6 Å². The highest BCUT2D eigenvalue weighted by atomic mass is 79.9. The monoisotopic (exact) mass is 613 g/mol. The van der Waals surface area contributed by atoms with E-state index in [9.17, 15) is 24.0 Å². The summed E-state index contributed by atoms with van der Waals surface area (Å²) in [4.78, 5) is 26.5. The van der Waals surface area contributed by atoms with Crippen molar-refractivity contribution < 1.29 is 34.2 Å². The molecule has 198 valence electrons. The van der Waals surface area contributed by atoms with Crippen molar-refractivity contribution in [2.75, 3.05) is 6.61 Å². The van der Waals surface area contributed by atoms with Crippen LogP contribution in [0.1, 0.15) is 28.5 Å². The van der Waals surface area contributed by atoms with Gasteiger partial charge in [-0.15, -0.1) is 0 Å². The molecule has 10 nitrogen and oxygen atoms in total. The Balaban J connectivity index is 0.000000618. The van der Waals surface area contributed by atoms with Gasteiger partial charge in [0.25, 0.3) is 0 Å². The second-order valence-electron chi connectivity index (χ2n) is 7.47. The molecule has 0 radical (unpaired) electrons. The number of fused-ring (bicyclic) bond motifs is 1. The average Bonchev–Trinajstić information content (AvgIpc) is 3.44. The molecule has 0 amide bonds. The van der Waals surface area contributed by atoms with Crippen LogP contribution in [0.5, 0.6) is 5.75 Å². The zero-order valence-corrected chi connectivity index (χ0v) is 23.0. The fraction of sp³-hybridized carbons (Fsp3) is 0.208. The number of carboxylic acids is 1. The zero-order chi connectivity index (χ0) is 26.4. The maximum absolute atomic E-state index is 12.9. The Labute approximate surface area is 228 Å². The Morgan fingerprint density at radius 2 is 1.92 bits per heavy atom. The minimum atomic E-state index is -1.42. The number of hydrogen-bond donors (Lipinski definition) is 2. The molecular weight excluding hydrogens is 590 g/mol. The maximum Gasteiger partial charge on any atom is 0.403 e. The first-order chi connectivity index (χ1) is 17.1. The van der Waals surface area contributed by atoms with Gasteiger partial charge in [0, 0.05) is 52.6 Å². The van der Waals surface area contributed by atoms with Crippen LogP contribution in [0.3, 0.4) is 0 Å². The molecule has 0 fully saturated rings. The van der Waals surface area contributed by atoms with Crippen LogP contribution in [0.15, 0.2) is 64.5 Å². The van der Waals surface area contributed by atoms with Crippen LogP contribution in [0.2, 0.25) is 0 Å². The van der Waals surface area contributed by atoms with Crippen molar-refractivity contribution in [1.29, 1.82) is 0 Å². The van der Waals surface area contributed by atoms with E-state index in [0.717, 1.165) is 0 Å². The molecule has 13 heteroatoms. The number of benzene rings is 2. The van der Waals surface area contributed by atoms with Crippen LogP contribution in [0.4, 0.5) is 4.79 Å². The maximum atomic E-state index is 12.9. The molecule has 2 aromatic carbocycles. The number of aromatic hydroxyl groups is 1. The number of hydrogen-bond acceptors (Lipinski definition) is 6. The SMILES string of the molecule is CCOC(=O)Cl.Cn1c(CS(=O)c2ccccc2)c(C(=O)O)c2c(Cn3ccnc3)c(O)c(Br)cc21.O. The number of ether oxygens (including phenoxy) is 1. The van der Waals surface area contributed by atoms with Crippen molar-refractivity contribution in [2.24, 2.45) is 7.05 Å². The number of imidazole rings is 1. The van der Waals surface area contributed by atoms with E-state index in [-0.39, 0.29) is 29.1 Å². The fourth-order valence-electron chi connectivity index (χ4n) is 3.69. The smallest absolute Gasteiger partial charge is 0.403 e. The van der Waals surface area contributed by atoms with E-state index in [1.165, 1.54) is 0 Å². The third-order valence-corrected chi connectivity index (χ3v) is 7.33. The van der Waals surface area contributed by atoms with Crippen molar-refractivity contribution in [1.82, 2.24) is 14.1 Å². The van der Waals surface area contributed by atoms with Gasteiger partial charge in [0.15, 0.2) is 0 Å². The van der Waals surface area contributed by atoms with Gasteiger partial charge in [-0.25, -0.2) is 14.6 Å². The average molecular weight is 615 g/mol. The van der Waals surface area contributed by atoms with E-state index in [1.807, 2.05) is 6.07 Å². The Bertz CT molecular complexity index is 1410. The third-order valence-electron chi connectivity index (χ3n) is 5.28. The lowest BCUT2D eigenvalue weighted by Gasteiger charge is -2.11. The lowest BCUT2D eigenvalue weighted by Crippen LogP contribution is -2.08. The normalized spacial score (nSPS) is 11.2. The van der Waals surface area contributed by atoms with Gasteiger partial charge in [-0.2, -0.15) is 0 Å². The zero-order valence-electron chi connectivity index (χ0n) is 19.9. The molecule has 4 N–H and O–H groups in total. The van der Waals surface area contributed by atoms with E-state index in [2.05, 4.69) is 25.7 Å². The lowest BCUT2D eigenvalue weighted by molar-refractivity contribution is 0.0697. The molecule has 0 aliphatic carbocycles. The number of phenolic OH excluding ortho intramolecular Hbond substituents is 1. The summed E-state index contributed by atoms with van der Waals surface area (Å²) >= 11 is 8.09. The molecule has 0 saturated carbocycles. The Hall–Kier alpha value is -3.19. The highest BCUT2D eigenvalue weighted by molar-refractivity contribution is 9.10. The molecular formula is C24H25BrClN3O7S. The molecule has 1 atom stereocenters. The predicted molar refractivity (Wildman–Crippen MR) is 144 cm³/mol. The Morgan fingerprint density at radius 3 is 2.43 bits per heavy atom. The number of carbonyl (C=O) groups is 2. The van der Waals surface area contributed by atoms with E-state index in [4.69, 9.17) is 11.6 Å². The van der Waals surface area contributed by atoms with Crippen LogP contribution in [0.25, 0.3) is 10.9 Å². The number of phenols is 1. The summed E-state index contributed by atoms with van der Waals surface area (Å²) in [5, 5.41) is 21.2. The van der Waals surface area contributed by atoms with Crippen molar-refractivity contribution >= 4 is 60.6 Å². The van der Waals surface area contributed by atoms with Gasteiger partial charge in [-0.1, -0.05) is 18.2 Å². The standard InChI is InChI=1S/C21H18BrN3O4S.C3H5ClO2.H2O/c1-24-16-9-15(22)20(26)14(10-25-8-7-23-12-25)18(16)19(21(27)28)17(24)11-30(29)13-5-3-2-4-6-13;1-2-6-3(4)5;/h2-9,12,26H,10-11H2,1H3,(H,27,28);2H2,1H3;1H2. The number of aromatic nitrogens is 3. The molecule has 4 rings (SSSR count). The number of aromatic carboxylic acids is 1. The third kappa shape index (κ3) is 6.98. The molecule has 0 aliphatic heterocycles. The topological polar surface area (TPSA) is 155 Å². The first-order valence-corrected chi connectivity index (χ1v) is 13.1. The fourth-order valence-corrected chi connectivity index (χ4v) is 5.47. The molecule has 37 heavy (non-hydrogen) atoms. The quantitative estimate of drug-likeness (QED) is 0.291. The van der Waals surface area contributed by atoms with Gasteiger partial charge in [-0.3, -0.25) is 4.21 Å². The molecule has 0 bridgehead atoms. The lowest BCUT2D eigenvalue weighted by atomic mass is 10.0. The molecule has 0 spiro atoms. The highest BCUT2D eigenvalue weighted by Crippen LogP contribution is 2.39. The summed E-state index contributed by atoms with van der Waals surface area (Å²) in [7, 11) is 0.326. The Kier molecular flexibility index (Phi) is 10.9. The van der Waals surface area contributed by atoms with E-state index in [1.54, 1.807) is 72.2 Å². The highest BCUT2D eigenvalue weighted by Gasteiger charge is 2.27. The van der Waals surface area contributed by atoms with Crippen molar-refractivity contribution in [3.63, 3.8) is 0 Å². The van der Waals surface area contributed by atoms with Gasteiger partial charge in [0.2, 0.25) is 0 Å². The van der Waals surface area contributed by atoms with Crippen LogP contribution >= 0.6 is 27.5 Å². The molecule has 0 saturated heterocycles. The summed E-state index contributed by atoms with van der Waals surface area (Å²) in [5.74, 6) is -1.12. The number of nitrogens with zero attached hydrogens (tertiary/aromatic N) is 3. The summed E-state index contributed by atoms with van der Waals surface area (Å²) in [6.45, 7) is 2.29. The van der Waals surface area contributed by atoms with Gasteiger partial charge in [-0.05, 0) is 41.1 Å². The van der Waals surface area contributed by atoms with Crippen molar-refractivity contribution in [3.8, 4) is 5.75 Å². The van der Waals surface area contributed by atoms with Gasteiger partial charge in [0.1, 0.15) is 5.75 Å². The first-order valence-electron chi connectivity index (χ1n) is 10.6. The Morgan fingerprint density at radius 1 is 1.24 bits per heavy atom. The molecule has 4 aromatic rings. The summed E-state index contributed by atoms with van der Waals surface area (Å²) in [6.07, 6.45) is 4.95. The summed E-state index contributed by atoms with van der Waals surface area (Å²) < 4.78 is 21.0. The number of rotatable bonds is 7. The number of halogens is 2. The molecule has 0 aliphatic rings. The number of aryl methyl sites for hydroxylation is 1. The minimum Gasteiger partial charge on any atom is -0.506 e. The summed E-state index contributed by atoms with van der Waals surface area (Å²) in [6, 6.07) is 10.6. The van der Waals surface area contributed by atoms with Crippen molar-refractivity contribution in [2.45, 2.75) is 24.1 Å². The van der Waals surface area contributed by atoms with Gasteiger partial charge < -0.3 is 29.6 Å². The summed E-state index contributed by atoms with van der Waals surface area (Å²) in [5.41, 5.74) is 0.839. The van der Waals surface area contributed by atoms with Crippen LogP contribution < -0.4 is 0 Å². The van der Waals surface area contributed by atoms with E-state index >= 15 is 0 Å². The molecule has 2 aromatic heterocycles. The minimum absolute atomic E-state index is 0. The largest absolute Gasteiger partial charge is 0.506 e. The van der Waals surface area contributed by atoms with Crippen LogP contribution in [-0.2, 0) is 34.9 Å². The number of carbonyl (C=O) groups excluding carboxylic acids is 1. The predicted octanol–water partition coefficient (Wildman–Crippen LogP) is 4.45. The number of carboxylic acid groups (broad SMARTS) is 1.